The van der Waals surface area contributed by atoms with Gasteiger partial charge in [0.2, 0.25) is 0 Å². The average molecular weight is 370 g/mol. The summed E-state index contributed by atoms with van der Waals surface area (Å²) in [6, 6.07) is 5.34. The number of aliphatic hydroxyl groups is 1. The lowest BCUT2D eigenvalue weighted by Gasteiger charge is -2.13. The van der Waals surface area contributed by atoms with Crippen LogP contribution >= 0.6 is 0 Å². The number of anilines is 1. The zero-order valence-corrected chi connectivity index (χ0v) is 16.2. The van der Waals surface area contributed by atoms with Gasteiger partial charge in [-0.25, -0.2) is 14.8 Å². The molecule has 144 valence electrons. The first-order valence-electron chi connectivity index (χ1n) is 9.27. The number of hydrogen-bond donors (Lipinski definition) is 2. The first-order chi connectivity index (χ1) is 13.0. The molecule has 1 atom stereocenters. The first-order valence-corrected chi connectivity index (χ1v) is 9.27. The molecule has 7 nitrogen and oxygen atoms in total. The van der Waals surface area contributed by atoms with Crippen molar-refractivity contribution in [1.29, 1.82) is 0 Å². The van der Waals surface area contributed by atoms with E-state index in [1.165, 1.54) is 7.11 Å². The number of ether oxygens (including phenoxy) is 1. The van der Waals surface area contributed by atoms with Crippen molar-refractivity contribution in [1.82, 2.24) is 14.5 Å². The van der Waals surface area contributed by atoms with Crippen LogP contribution in [0.2, 0.25) is 0 Å². The highest BCUT2D eigenvalue weighted by atomic mass is 16.5. The lowest BCUT2D eigenvalue weighted by Crippen LogP contribution is -2.14. The Kier molecular flexibility index (Phi) is 5.60. The lowest BCUT2D eigenvalue weighted by molar-refractivity contribution is 0.0601. The molecular formula is C20H26N4O3. The van der Waals surface area contributed by atoms with Crippen molar-refractivity contribution in [3.8, 4) is 0 Å². The van der Waals surface area contributed by atoms with Crippen molar-refractivity contribution in [2.24, 2.45) is 0 Å². The minimum Gasteiger partial charge on any atom is -0.465 e. The quantitative estimate of drug-likeness (QED) is 0.621. The second-order valence-corrected chi connectivity index (χ2v) is 6.72. The third-order valence-electron chi connectivity index (χ3n) is 4.61. The molecule has 0 aliphatic heterocycles. The number of nitrogens with zero attached hydrogens (tertiary/aromatic N) is 3. The summed E-state index contributed by atoms with van der Waals surface area (Å²) in [6.45, 7) is 4.37. The predicted molar refractivity (Wildman–Crippen MR) is 106 cm³/mol. The number of pyridine rings is 1. The normalized spacial score (nSPS) is 12.5. The number of carbonyl (C=O) groups excluding carboxylic acids is 1. The molecule has 1 aromatic carbocycles. The summed E-state index contributed by atoms with van der Waals surface area (Å²) in [5.41, 5.74) is 2.84. The number of nitrogens with one attached hydrogen (secondary N) is 1. The van der Waals surface area contributed by atoms with E-state index < -0.39 is 12.1 Å². The zero-order valence-electron chi connectivity index (χ0n) is 16.2. The van der Waals surface area contributed by atoms with Gasteiger partial charge in [0.15, 0.2) is 5.82 Å². The number of hydrogen-bond acceptors (Lipinski definition) is 6. The molecule has 0 aliphatic carbocycles. The van der Waals surface area contributed by atoms with Gasteiger partial charge in [-0.3, -0.25) is 0 Å². The Bertz CT molecular complexity index is 978. The van der Waals surface area contributed by atoms with Gasteiger partial charge in [0.25, 0.3) is 0 Å². The molecule has 0 saturated carbocycles. The van der Waals surface area contributed by atoms with Crippen LogP contribution in [-0.2, 0) is 17.7 Å². The third kappa shape index (κ3) is 3.60. The fourth-order valence-electron chi connectivity index (χ4n) is 3.34. The highest BCUT2D eigenvalue weighted by molar-refractivity contribution is 6.08. The summed E-state index contributed by atoms with van der Waals surface area (Å²) in [5.74, 6) is 1.20. The van der Waals surface area contributed by atoms with Crippen LogP contribution in [0.15, 0.2) is 18.2 Å². The number of benzene rings is 1. The molecular weight excluding hydrogens is 344 g/mol. The van der Waals surface area contributed by atoms with Gasteiger partial charge in [-0.05, 0) is 31.5 Å². The summed E-state index contributed by atoms with van der Waals surface area (Å²) < 4.78 is 6.90. The number of unbranched alkanes of at least 4 members (excludes halogenated alkanes) is 1. The molecule has 27 heavy (non-hydrogen) atoms. The largest absolute Gasteiger partial charge is 0.465 e. The van der Waals surface area contributed by atoms with Crippen molar-refractivity contribution in [2.75, 3.05) is 19.5 Å². The van der Waals surface area contributed by atoms with Crippen LogP contribution in [0.3, 0.4) is 0 Å². The maximum atomic E-state index is 11.9. The molecule has 0 spiro atoms. The minimum atomic E-state index is -0.502. The molecule has 2 N–H and O–H groups in total. The fourth-order valence-corrected chi connectivity index (χ4v) is 3.34. The summed E-state index contributed by atoms with van der Waals surface area (Å²) in [5, 5.41) is 14.0. The monoisotopic (exact) mass is 370 g/mol. The van der Waals surface area contributed by atoms with Gasteiger partial charge >= 0.3 is 5.97 Å². The second-order valence-electron chi connectivity index (χ2n) is 6.72. The molecule has 0 aliphatic rings. The number of methoxy groups -OCH3 is 1. The third-order valence-corrected chi connectivity index (χ3v) is 4.61. The van der Waals surface area contributed by atoms with Crippen LogP contribution in [0.4, 0.5) is 5.82 Å². The Morgan fingerprint density at radius 2 is 2.15 bits per heavy atom. The molecule has 0 bridgehead atoms. The highest BCUT2D eigenvalue weighted by Crippen LogP contribution is 2.31. The number of rotatable bonds is 7. The maximum Gasteiger partial charge on any atom is 0.337 e. The van der Waals surface area contributed by atoms with E-state index in [0.29, 0.717) is 23.4 Å². The van der Waals surface area contributed by atoms with Gasteiger partial charge in [-0.15, -0.1) is 0 Å². The Balaban J connectivity index is 2.32. The van der Waals surface area contributed by atoms with Crippen LogP contribution in [0.25, 0.3) is 21.9 Å². The number of aliphatic hydroxyl groups excluding tert-OH is 1. The van der Waals surface area contributed by atoms with E-state index in [2.05, 4.69) is 21.8 Å². The summed E-state index contributed by atoms with van der Waals surface area (Å²) >= 11 is 0. The van der Waals surface area contributed by atoms with E-state index in [9.17, 15) is 9.90 Å². The van der Waals surface area contributed by atoms with Crippen LogP contribution in [0.5, 0.6) is 0 Å². The van der Waals surface area contributed by atoms with Gasteiger partial charge < -0.3 is 19.7 Å². The smallest absolute Gasteiger partial charge is 0.337 e. The van der Waals surface area contributed by atoms with Crippen molar-refractivity contribution in [3.05, 3.63) is 29.6 Å². The number of aryl methyl sites for hydroxylation is 1. The second kappa shape index (κ2) is 7.92. The molecule has 0 amide bonds. The molecule has 0 fully saturated rings. The zero-order chi connectivity index (χ0) is 19.6. The van der Waals surface area contributed by atoms with Gasteiger partial charge in [0, 0.05) is 18.9 Å². The van der Waals surface area contributed by atoms with Crippen LogP contribution in [0, 0.1) is 0 Å². The summed E-state index contributed by atoms with van der Waals surface area (Å²) in [4.78, 5) is 21.4. The van der Waals surface area contributed by atoms with Crippen molar-refractivity contribution >= 4 is 33.7 Å². The molecule has 0 radical (unpaired) electrons. The SMILES string of the molecule is CCCCc1nc2c(NC)nc3cc(C(=O)OC)ccc3c2n1CC(C)O. The van der Waals surface area contributed by atoms with Gasteiger partial charge in [0.1, 0.15) is 11.3 Å². The number of carbonyl (C=O) groups is 1. The van der Waals surface area contributed by atoms with E-state index in [0.717, 1.165) is 41.5 Å². The fraction of sp³-hybridized carbons (Fsp3) is 0.450. The molecule has 3 rings (SSSR count). The van der Waals surface area contributed by atoms with E-state index in [1.807, 2.05) is 6.07 Å². The Hall–Kier alpha value is -2.67. The van der Waals surface area contributed by atoms with Crippen molar-refractivity contribution < 1.29 is 14.6 Å². The number of aromatic nitrogens is 3. The Morgan fingerprint density at radius 1 is 1.37 bits per heavy atom. The van der Waals surface area contributed by atoms with Crippen LogP contribution in [0.1, 0.15) is 42.9 Å². The summed E-state index contributed by atoms with van der Waals surface area (Å²) in [6.07, 6.45) is 2.43. The predicted octanol–water partition coefficient (Wildman–Crippen LogP) is 3.14. The first kappa shape index (κ1) is 19.1. The Morgan fingerprint density at radius 3 is 2.78 bits per heavy atom. The minimum absolute atomic E-state index is 0.397. The summed E-state index contributed by atoms with van der Waals surface area (Å²) in [7, 11) is 3.16. The molecule has 2 aromatic heterocycles. The van der Waals surface area contributed by atoms with E-state index in [4.69, 9.17) is 9.72 Å². The van der Waals surface area contributed by atoms with Crippen LogP contribution < -0.4 is 5.32 Å². The standard InChI is InChI=1S/C20H26N4O3/c1-5-6-7-16-23-17-18(24(16)11-12(2)25)14-9-8-13(20(26)27-4)10-15(14)22-19(17)21-3/h8-10,12,25H,5-7,11H2,1-4H3,(H,21,22). The maximum absolute atomic E-state index is 11.9. The topological polar surface area (TPSA) is 89.3 Å². The van der Waals surface area contributed by atoms with Gasteiger partial charge in [-0.1, -0.05) is 13.3 Å². The highest BCUT2D eigenvalue weighted by Gasteiger charge is 2.19. The molecule has 7 heteroatoms. The number of esters is 1. The lowest BCUT2D eigenvalue weighted by atomic mass is 10.1. The van der Waals surface area contributed by atoms with Gasteiger partial charge in [0.05, 0.1) is 36.4 Å². The Labute approximate surface area is 158 Å². The van der Waals surface area contributed by atoms with Crippen molar-refractivity contribution in [3.63, 3.8) is 0 Å². The van der Waals surface area contributed by atoms with E-state index in [-0.39, 0.29) is 0 Å². The molecule has 1 unspecified atom stereocenters. The molecule has 3 aromatic rings. The molecule has 2 heterocycles. The number of fused-ring (bicyclic) bond motifs is 3. The average Bonchev–Trinajstić information content (AvgIpc) is 3.02. The van der Waals surface area contributed by atoms with E-state index in [1.54, 1.807) is 26.1 Å². The number of imidazole rings is 1. The molecule has 0 saturated heterocycles. The van der Waals surface area contributed by atoms with Crippen molar-refractivity contribution in [2.45, 2.75) is 45.8 Å². The van der Waals surface area contributed by atoms with Gasteiger partial charge in [-0.2, -0.15) is 0 Å². The van der Waals surface area contributed by atoms with E-state index >= 15 is 0 Å². The van der Waals surface area contributed by atoms with Crippen LogP contribution in [-0.4, -0.2) is 45.9 Å².